The van der Waals surface area contributed by atoms with Crippen molar-refractivity contribution in [1.82, 2.24) is 35.1 Å². The lowest BCUT2D eigenvalue weighted by Crippen LogP contribution is -2.61. The third-order valence-corrected chi connectivity index (χ3v) is 12.7. The zero-order chi connectivity index (χ0) is 40.9. The number of amides is 1. The number of cyclic esters (lactones) is 1. The lowest BCUT2D eigenvalue weighted by Gasteiger charge is -2.45. The monoisotopic (exact) mass is 807 g/mol. The topological polar surface area (TPSA) is 180 Å². The number of Topliss-reactive ketones (excluding diaryl/α,β-unsaturated/α-hetero) is 1. The van der Waals surface area contributed by atoms with E-state index in [0.29, 0.717) is 45.3 Å². The SMILES string of the molecule is CC[C@H]1OC(=O)[C@H](C)C(=O)C[C@@H](O[C@@H]2O[C@H](C)CC(N(C)C)C2O)[C@](C)(OC)C[C@@H](C)CN[C@H](C)[C@H]2N(CCCCn3cc(-c4nccs4)nn3)C(=O)O[C@]12C.[HH]. The number of esters is 1. The van der Waals surface area contributed by atoms with E-state index in [1.165, 1.54) is 18.3 Å². The lowest BCUT2D eigenvalue weighted by molar-refractivity contribution is -0.289. The molecule has 5 rings (SSSR count). The highest BCUT2D eigenvalue weighted by Gasteiger charge is 2.58. The van der Waals surface area contributed by atoms with Crippen molar-refractivity contribution in [3.05, 3.63) is 17.8 Å². The minimum Gasteiger partial charge on any atom is -0.458 e. The van der Waals surface area contributed by atoms with E-state index in [1.807, 2.05) is 65.2 Å². The molecular weight excluding hydrogens is 743 g/mol. The van der Waals surface area contributed by atoms with E-state index < -0.39 is 65.6 Å². The number of ketones is 1. The normalized spacial score (nSPS) is 36.5. The van der Waals surface area contributed by atoms with Crippen molar-refractivity contribution in [3.8, 4) is 10.7 Å². The lowest BCUT2D eigenvalue weighted by atomic mass is 9.83. The third kappa shape index (κ3) is 9.79. The van der Waals surface area contributed by atoms with Gasteiger partial charge in [0.25, 0.3) is 0 Å². The first-order chi connectivity index (χ1) is 26.5. The Morgan fingerprint density at radius 2 is 1.88 bits per heavy atom. The molecular formula is C39H65N7O9S. The molecule has 3 aliphatic heterocycles. The van der Waals surface area contributed by atoms with Crippen LogP contribution in [0.5, 0.6) is 0 Å². The molecule has 0 saturated carbocycles. The molecule has 3 aliphatic rings. The maximum Gasteiger partial charge on any atom is 0.410 e. The molecule has 2 aromatic heterocycles. The number of aliphatic hydroxyl groups is 1. The number of ether oxygens (including phenoxy) is 5. The van der Waals surface area contributed by atoms with Crippen LogP contribution in [0.15, 0.2) is 17.8 Å². The predicted molar refractivity (Wildman–Crippen MR) is 211 cm³/mol. The highest BCUT2D eigenvalue weighted by molar-refractivity contribution is 7.13. The highest BCUT2D eigenvalue weighted by atomic mass is 32.1. The highest BCUT2D eigenvalue weighted by Crippen LogP contribution is 2.39. The number of thiazole rings is 1. The van der Waals surface area contributed by atoms with Gasteiger partial charge in [0, 0.05) is 51.7 Å². The molecule has 316 valence electrons. The largest absolute Gasteiger partial charge is 0.458 e. The molecule has 0 spiro atoms. The van der Waals surface area contributed by atoms with E-state index in [-0.39, 0.29) is 32.0 Å². The Bertz CT molecular complexity index is 1620. The molecule has 3 saturated heterocycles. The summed E-state index contributed by atoms with van der Waals surface area (Å²) in [5.74, 6) is -2.25. The summed E-state index contributed by atoms with van der Waals surface area (Å²) in [6, 6.07) is -0.996. The van der Waals surface area contributed by atoms with Gasteiger partial charge in [-0.3, -0.25) is 19.2 Å². The zero-order valence-electron chi connectivity index (χ0n) is 34.7. The summed E-state index contributed by atoms with van der Waals surface area (Å²) < 4.78 is 32.9. The molecule has 0 radical (unpaired) electrons. The number of aromatic nitrogens is 4. The minimum absolute atomic E-state index is 0. The van der Waals surface area contributed by atoms with Gasteiger partial charge in [0.1, 0.15) is 34.6 Å². The van der Waals surface area contributed by atoms with Crippen LogP contribution in [0.1, 0.15) is 88.4 Å². The van der Waals surface area contributed by atoms with Crippen LogP contribution in [0, 0.1) is 11.8 Å². The van der Waals surface area contributed by atoms with Crippen LogP contribution in [0.4, 0.5) is 4.79 Å². The van der Waals surface area contributed by atoms with E-state index in [9.17, 15) is 19.5 Å². The molecule has 2 unspecified atom stereocenters. The second kappa shape index (κ2) is 18.7. The Morgan fingerprint density at radius 1 is 1.14 bits per heavy atom. The Hall–Kier alpha value is -3.06. The van der Waals surface area contributed by atoms with Crippen LogP contribution in [-0.2, 0) is 39.8 Å². The van der Waals surface area contributed by atoms with Crippen molar-refractivity contribution in [2.75, 3.05) is 34.3 Å². The number of likely N-dealkylation sites (N-methyl/N-ethyl adjacent to an activating group) is 1. The maximum absolute atomic E-state index is 14.0. The number of carbonyl (C=O) groups excluding carboxylic acids is 3. The van der Waals surface area contributed by atoms with Gasteiger partial charge >= 0.3 is 12.1 Å². The number of aryl methyl sites for hydroxylation is 1. The fourth-order valence-corrected chi connectivity index (χ4v) is 9.15. The molecule has 56 heavy (non-hydrogen) atoms. The van der Waals surface area contributed by atoms with Gasteiger partial charge < -0.3 is 39.0 Å². The first-order valence-corrected chi connectivity index (χ1v) is 20.9. The second-order valence-electron chi connectivity index (χ2n) is 16.5. The van der Waals surface area contributed by atoms with Crippen molar-refractivity contribution in [2.45, 2.75) is 154 Å². The second-order valence-corrected chi connectivity index (χ2v) is 17.4. The van der Waals surface area contributed by atoms with E-state index in [1.54, 1.807) is 22.9 Å². The van der Waals surface area contributed by atoms with Gasteiger partial charge in [-0.25, -0.2) is 9.78 Å². The Labute approximate surface area is 336 Å². The van der Waals surface area contributed by atoms with Gasteiger partial charge in [-0.2, -0.15) is 0 Å². The summed E-state index contributed by atoms with van der Waals surface area (Å²) in [6.45, 7) is 14.7. The van der Waals surface area contributed by atoms with Crippen molar-refractivity contribution in [1.29, 1.82) is 0 Å². The van der Waals surface area contributed by atoms with Crippen molar-refractivity contribution >= 4 is 29.2 Å². The number of fused-ring (bicyclic) bond motifs is 1. The molecule has 16 nitrogen and oxygen atoms in total. The smallest absolute Gasteiger partial charge is 0.410 e. The number of aliphatic hydroxyl groups excluding tert-OH is 1. The molecule has 12 atom stereocenters. The number of hydrogen-bond acceptors (Lipinski definition) is 15. The predicted octanol–water partition coefficient (Wildman–Crippen LogP) is 4.16. The average molecular weight is 808 g/mol. The number of methoxy groups -OCH3 is 1. The van der Waals surface area contributed by atoms with Crippen LogP contribution < -0.4 is 5.32 Å². The molecule has 2 aromatic rings. The van der Waals surface area contributed by atoms with E-state index in [0.717, 1.165) is 17.1 Å². The fourth-order valence-electron chi connectivity index (χ4n) is 8.57. The molecule has 0 aromatic carbocycles. The standard InChI is InChI=1S/C39H63N7O9S.H2/c1-11-30-39(7)33(46(37(50)55-39)16-13-12-15-45-22-27(42-43-45)34-40-14-17-56-34)26(5)41-21-23(2)20-38(6,51-10)31(19-29(47)25(4)35(49)53-30)54-36-32(48)28(44(8)9)18-24(3)52-36;/h14,17,22-26,28,30-33,36,41,48H,11-13,15-16,18-21H2,1-10H3;1H/t23-,24-,25-,26-,28?,30-,31-,32?,33-,36+,38-,39-;/m1./s1. The van der Waals surface area contributed by atoms with Crippen molar-refractivity contribution in [2.24, 2.45) is 11.8 Å². The van der Waals surface area contributed by atoms with E-state index >= 15 is 0 Å². The Balaban J connectivity index is 0.00000720. The molecule has 3 fully saturated rings. The van der Waals surface area contributed by atoms with Gasteiger partial charge in [0.15, 0.2) is 11.9 Å². The molecule has 0 bridgehead atoms. The van der Waals surface area contributed by atoms with Crippen LogP contribution in [0.25, 0.3) is 10.7 Å². The molecule has 0 aliphatic carbocycles. The van der Waals surface area contributed by atoms with Crippen LogP contribution in [0.3, 0.4) is 0 Å². The summed E-state index contributed by atoms with van der Waals surface area (Å²) in [6.07, 6.45) is 1.92. The van der Waals surface area contributed by atoms with Gasteiger partial charge in [-0.15, -0.1) is 16.4 Å². The first-order valence-electron chi connectivity index (χ1n) is 20.0. The van der Waals surface area contributed by atoms with Gasteiger partial charge in [-0.1, -0.05) is 19.1 Å². The molecule has 17 heteroatoms. The number of carbonyl (C=O) groups is 3. The summed E-state index contributed by atoms with van der Waals surface area (Å²) in [7, 11) is 5.38. The molecule has 5 heterocycles. The van der Waals surface area contributed by atoms with Gasteiger partial charge in [0.05, 0.1) is 30.0 Å². The van der Waals surface area contributed by atoms with Crippen LogP contribution in [-0.4, -0.2) is 147 Å². The number of unbranched alkanes of at least 4 members (excludes halogenated alkanes) is 1. The third-order valence-electron chi connectivity index (χ3n) is 11.9. The van der Waals surface area contributed by atoms with Crippen molar-refractivity contribution < 1.29 is 44.6 Å². The molecule has 1 amide bonds. The number of rotatable bonds is 11. The Kier molecular flexibility index (Phi) is 14.7. The van der Waals surface area contributed by atoms with Gasteiger partial charge in [0.2, 0.25) is 0 Å². The van der Waals surface area contributed by atoms with E-state index in [4.69, 9.17) is 23.7 Å². The van der Waals surface area contributed by atoms with Crippen molar-refractivity contribution in [3.63, 3.8) is 0 Å². The quantitative estimate of drug-likeness (QED) is 0.188. The average Bonchev–Trinajstić information content (AvgIpc) is 3.91. The summed E-state index contributed by atoms with van der Waals surface area (Å²) in [5.41, 5.74) is -1.50. The summed E-state index contributed by atoms with van der Waals surface area (Å²) in [5, 5.41) is 26.2. The van der Waals surface area contributed by atoms with E-state index in [2.05, 4.69) is 27.5 Å². The summed E-state index contributed by atoms with van der Waals surface area (Å²) in [4.78, 5) is 49.6. The van der Waals surface area contributed by atoms with Crippen LogP contribution >= 0.6 is 11.3 Å². The summed E-state index contributed by atoms with van der Waals surface area (Å²) >= 11 is 1.50. The van der Waals surface area contributed by atoms with Gasteiger partial charge in [-0.05, 0) is 93.3 Å². The molecule has 2 N–H and O–H groups in total. The number of nitrogens with zero attached hydrogens (tertiary/aromatic N) is 6. The zero-order valence-corrected chi connectivity index (χ0v) is 35.5. The fraction of sp³-hybridized carbons (Fsp3) is 0.795. The number of hydrogen-bond donors (Lipinski definition) is 2. The number of nitrogens with one attached hydrogen (secondary N) is 1. The first kappa shape index (κ1) is 44.1. The Morgan fingerprint density at radius 3 is 2.54 bits per heavy atom. The van der Waals surface area contributed by atoms with Crippen LogP contribution in [0.2, 0.25) is 0 Å². The maximum atomic E-state index is 14.0. The minimum atomic E-state index is -1.21.